The largest absolute Gasteiger partial charge is 0.496 e. The minimum absolute atomic E-state index is 0.0163. The summed E-state index contributed by atoms with van der Waals surface area (Å²) in [7, 11) is 1.71. The van der Waals surface area contributed by atoms with Crippen molar-refractivity contribution in [2.24, 2.45) is 23.2 Å². The monoisotopic (exact) mass is 311 g/mol. The van der Waals surface area contributed by atoms with Gasteiger partial charge in [-0.1, -0.05) is 6.07 Å². The summed E-state index contributed by atoms with van der Waals surface area (Å²) < 4.78 is 5.56. The van der Waals surface area contributed by atoms with Crippen LogP contribution in [0.3, 0.4) is 0 Å². The fourth-order valence-electron chi connectivity index (χ4n) is 6.56. The molecule has 0 aromatic heterocycles. The van der Waals surface area contributed by atoms with Gasteiger partial charge >= 0.3 is 0 Å². The number of Topliss-reactive ketones (excluding diaryl/α,β-unsaturated/α-hetero) is 1. The quantitative estimate of drug-likeness (QED) is 0.917. The van der Waals surface area contributed by atoms with Gasteiger partial charge in [-0.3, -0.25) is 4.79 Å². The molecule has 5 aliphatic rings. The van der Waals surface area contributed by atoms with Crippen molar-refractivity contribution in [3.05, 3.63) is 23.8 Å². The number of benzene rings is 1. The van der Waals surface area contributed by atoms with Crippen molar-refractivity contribution in [2.45, 2.75) is 44.4 Å². The van der Waals surface area contributed by atoms with Crippen LogP contribution in [0.25, 0.3) is 0 Å². The van der Waals surface area contributed by atoms with Crippen molar-refractivity contribution in [1.82, 2.24) is 0 Å². The van der Waals surface area contributed by atoms with Crippen LogP contribution in [0.5, 0.6) is 5.75 Å². The van der Waals surface area contributed by atoms with E-state index in [1.807, 2.05) is 12.1 Å². The molecule has 4 aliphatic carbocycles. The molecule has 0 saturated heterocycles. The zero-order valence-corrected chi connectivity index (χ0v) is 13.8. The van der Waals surface area contributed by atoms with Crippen LogP contribution in [0, 0.1) is 23.2 Å². The van der Waals surface area contributed by atoms with Gasteiger partial charge in [0.05, 0.1) is 13.0 Å². The van der Waals surface area contributed by atoms with Crippen molar-refractivity contribution in [1.29, 1.82) is 0 Å². The van der Waals surface area contributed by atoms with Crippen molar-refractivity contribution in [3.8, 4) is 5.75 Å². The molecular formula is C20H25NO2. The lowest BCUT2D eigenvalue weighted by atomic mass is 9.47. The smallest absolute Gasteiger partial charge is 0.148 e. The number of ketones is 1. The summed E-state index contributed by atoms with van der Waals surface area (Å²) in [5.74, 6) is 3.81. The highest BCUT2D eigenvalue weighted by Gasteiger charge is 2.56. The molecule has 0 radical (unpaired) electrons. The van der Waals surface area contributed by atoms with Gasteiger partial charge in [-0.2, -0.15) is 0 Å². The van der Waals surface area contributed by atoms with Crippen LogP contribution in [0.2, 0.25) is 0 Å². The topological polar surface area (TPSA) is 38.3 Å². The second kappa shape index (κ2) is 4.75. The number of carbonyl (C=O) groups is 1. The highest BCUT2D eigenvalue weighted by molar-refractivity contribution is 5.95. The Bertz CT molecular complexity index is 630. The van der Waals surface area contributed by atoms with E-state index in [-0.39, 0.29) is 11.3 Å². The number of hydrogen-bond donors (Lipinski definition) is 1. The number of ether oxygens (including phenoxy) is 1. The Morgan fingerprint density at radius 3 is 2.39 bits per heavy atom. The molecule has 3 heteroatoms. The molecule has 1 aliphatic heterocycles. The number of rotatable bonds is 3. The van der Waals surface area contributed by atoms with Crippen molar-refractivity contribution >= 4 is 11.5 Å². The average molecular weight is 311 g/mol. The van der Waals surface area contributed by atoms with Gasteiger partial charge in [0.25, 0.3) is 0 Å². The van der Waals surface area contributed by atoms with Gasteiger partial charge in [0.15, 0.2) is 0 Å². The lowest BCUT2D eigenvalue weighted by molar-refractivity contribution is -0.145. The molecule has 0 amide bonds. The molecule has 1 atom stereocenters. The lowest BCUT2D eigenvalue weighted by Gasteiger charge is -2.56. The molecule has 4 bridgehead atoms. The molecule has 6 rings (SSSR count). The van der Waals surface area contributed by atoms with E-state index in [2.05, 4.69) is 11.4 Å². The number of nitrogens with one attached hydrogen (secondary N) is 1. The zero-order chi connectivity index (χ0) is 15.6. The van der Waals surface area contributed by atoms with E-state index in [1.165, 1.54) is 19.3 Å². The minimum atomic E-state index is -0.0242. The third-order valence-electron chi connectivity index (χ3n) is 7.01. The van der Waals surface area contributed by atoms with E-state index in [0.717, 1.165) is 60.6 Å². The van der Waals surface area contributed by atoms with Crippen molar-refractivity contribution in [3.63, 3.8) is 0 Å². The highest BCUT2D eigenvalue weighted by Crippen LogP contribution is 2.62. The maximum absolute atomic E-state index is 13.6. The Morgan fingerprint density at radius 1 is 1.13 bits per heavy atom. The first-order valence-corrected chi connectivity index (χ1v) is 9.13. The molecule has 23 heavy (non-hydrogen) atoms. The van der Waals surface area contributed by atoms with Crippen LogP contribution in [0.4, 0.5) is 5.69 Å². The van der Waals surface area contributed by atoms with E-state index >= 15 is 0 Å². The van der Waals surface area contributed by atoms with E-state index in [0.29, 0.717) is 5.78 Å². The third kappa shape index (κ3) is 1.91. The van der Waals surface area contributed by atoms with Crippen molar-refractivity contribution < 1.29 is 9.53 Å². The van der Waals surface area contributed by atoms with Crippen LogP contribution in [-0.2, 0) is 4.79 Å². The number of methoxy groups -OCH3 is 1. The molecule has 4 saturated carbocycles. The van der Waals surface area contributed by atoms with Crippen LogP contribution in [-0.4, -0.2) is 19.4 Å². The molecule has 1 heterocycles. The van der Waals surface area contributed by atoms with Gasteiger partial charge in [-0.25, -0.2) is 0 Å². The van der Waals surface area contributed by atoms with E-state index in [4.69, 9.17) is 4.74 Å². The maximum Gasteiger partial charge on any atom is 0.148 e. The minimum Gasteiger partial charge on any atom is -0.496 e. The van der Waals surface area contributed by atoms with Gasteiger partial charge in [-0.15, -0.1) is 0 Å². The molecule has 3 nitrogen and oxygen atoms in total. The normalized spacial score (nSPS) is 39.9. The Hall–Kier alpha value is -1.51. The number of carbonyl (C=O) groups excluding carboxylic acids is 1. The van der Waals surface area contributed by atoms with Gasteiger partial charge in [0.2, 0.25) is 0 Å². The first-order valence-electron chi connectivity index (χ1n) is 9.13. The summed E-state index contributed by atoms with van der Waals surface area (Å²) in [6.45, 7) is 0.746. The number of anilines is 1. The lowest BCUT2D eigenvalue weighted by Crippen LogP contribution is -2.51. The van der Waals surface area contributed by atoms with Crippen LogP contribution < -0.4 is 10.1 Å². The summed E-state index contributed by atoms with van der Waals surface area (Å²) in [6.07, 6.45) is 7.61. The summed E-state index contributed by atoms with van der Waals surface area (Å²) >= 11 is 0. The fraction of sp³-hybridized carbons (Fsp3) is 0.650. The second-order valence-corrected chi connectivity index (χ2v) is 8.42. The molecular weight excluding hydrogens is 286 g/mol. The first kappa shape index (κ1) is 13.9. The molecule has 1 aromatic carbocycles. The summed E-state index contributed by atoms with van der Waals surface area (Å²) in [5.41, 5.74) is 2.17. The predicted molar refractivity (Wildman–Crippen MR) is 89.8 cm³/mol. The highest BCUT2D eigenvalue weighted by atomic mass is 16.5. The van der Waals surface area contributed by atoms with E-state index in [9.17, 15) is 4.79 Å². The maximum atomic E-state index is 13.6. The average Bonchev–Trinajstić information content (AvgIpc) is 2.96. The van der Waals surface area contributed by atoms with E-state index in [1.54, 1.807) is 7.11 Å². The second-order valence-electron chi connectivity index (χ2n) is 8.42. The van der Waals surface area contributed by atoms with Gasteiger partial charge < -0.3 is 10.1 Å². The number of hydrogen-bond acceptors (Lipinski definition) is 3. The Balaban J connectivity index is 1.51. The van der Waals surface area contributed by atoms with Gasteiger partial charge in [0.1, 0.15) is 11.5 Å². The van der Waals surface area contributed by atoms with Gasteiger partial charge in [0, 0.05) is 23.2 Å². The molecule has 1 N–H and O–H groups in total. The predicted octanol–water partition coefficient (Wildman–Crippen LogP) is 3.99. The van der Waals surface area contributed by atoms with E-state index < -0.39 is 0 Å². The number of fused-ring (bicyclic) bond motifs is 1. The van der Waals surface area contributed by atoms with Crippen LogP contribution >= 0.6 is 0 Å². The molecule has 122 valence electrons. The molecule has 4 fully saturated rings. The Morgan fingerprint density at radius 2 is 1.78 bits per heavy atom. The van der Waals surface area contributed by atoms with Crippen LogP contribution in [0.15, 0.2) is 18.2 Å². The summed E-state index contributed by atoms with van der Waals surface area (Å²) in [4.78, 5) is 13.6. The molecule has 1 aromatic rings. The van der Waals surface area contributed by atoms with Crippen molar-refractivity contribution in [2.75, 3.05) is 19.0 Å². The summed E-state index contributed by atoms with van der Waals surface area (Å²) in [5, 5.41) is 3.44. The fourth-order valence-corrected chi connectivity index (χ4v) is 6.56. The van der Waals surface area contributed by atoms with Gasteiger partial charge in [-0.05, 0) is 68.4 Å². The SMILES string of the molecule is COc1cccc2c1C(C(=O)C13CC4CC(CC(C4)C1)C3)CN2. The van der Waals surface area contributed by atoms with Crippen LogP contribution in [0.1, 0.15) is 50.0 Å². The first-order chi connectivity index (χ1) is 11.2. The molecule has 1 unspecified atom stereocenters. The Labute approximate surface area is 137 Å². The summed E-state index contributed by atoms with van der Waals surface area (Å²) in [6, 6.07) is 6.07. The third-order valence-corrected chi connectivity index (χ3v) is 7.01. The Kier molecular flexibility index (Phi) is 2.87. The molecule has 0 spiro atoms. The standard InChI is InChI=1S/C20H25NO2/c1-23-17-4-2-3-16-18(17)15(11-21-16)19(22)20-8-12-5-13(9-20)7-14(6-12)10-20/h2-4,12-15,21H,5-11H2,1H3. The zero-order valence-electron chi connectivity index (χ0n) is 13.8.